The second kappa shape index (κ2) is 5.64. The van der Waals surface area contributed by atoms with Crippen molar-refractivity contribution in [3.05, 3.63) is 52.8 Å². The summed E-state index contributed by atoms with van der Waals surface area (Å²) in [6.45, 7) is 0. The van der Waals surface area contributed by atoms with Gasteiger partial charge in [-0.1, -0.05) is 0 Å². The van der Waals surface area contributed by atoms with Crippen LogP contribution in [0.4, 0.5) is 5.69 Å². The Hall–Kier alpha value is -1.88. The molecule has 0 bridgehead atoms. The van der Waals surface area contributed by atoms with Crippen molar-refractivity contribution in [2.45, 2.75) is 0 Å². The number of carbonyl (C=O) groups excluding carboxylic acids is 1. The van der Waals surface area contributed by atoms with Gasteiger partial charge in [-0.3, -0.25) is 9.78 Å². The Kier molecular flexibility index (Phi) is 3.94. The third kappa shape index (κ3) is 2.87. The van der Waals surface area contributed by atoms with Crippen molar-refractivity contribution in [2.75, 3.05) is 12.4 Å². The minimum atomic E-state index is -0.211. The Balaban J connectivity index is 2.21. The molecule has 0 atom stereocenters. The average molecular weight is 307 g/mol. The van der Waals surface area contributed by atoms with E-state index in [1.54, 1.807) is 31.5 Å². The first-order valence-corrected chi connectivity index (χ1v) is 6.05. The Bertz CT molecular complexity index is 558. The molecule has 18 heavy (non-hydrogen) atoms. The van der Waals surface area contributed by atoms with E-state index >= 15 is 0 Å². The Morgan fingerprint density at radius 2 is 2.22 bits per heavy atom. The summed E-state index contributed by atoms with van der Waals surface area (Å²) in [6, 6.07) is 8.80. The van der Waals surface area contributed by atoms with Crippen molar-refractivity contribution in [2.24, 2.45) is 0 Å². The number of nitrogens with one attached hydrogen (secondary N) is 1. The van der Waals surface area contributed by atoms with Crippen LogP contribution in [0.15, 0.2) is 47.2 Å². The highest BCUT2D eigenvalue weighted by atomic mass is 79.9. The number of aromatic nitrogens is 1. The second-order valence-electron chi connectivity index (χ2n) is 3.54. The summed E-state index contributed by atoms with van der Waals surface area (Å²) in [7, 11) is 1.58. The molecule has 2 rings (SSSR count). The number of amides is 1. The molecule has 0 saturated carbocycles. The van der Waals surface area contributed by atoms with E-state index in [2.05, 4.69) is 26.2 Å². The van der Waals surface area contributed by atoms with Gasteiger partial charge in [-0.05, 0) is 40.2 Å². The number of carbonyl (C=O) groups is 1. The van der Waals surface area contributed by atoms with E-state index in [-0.39, 0.29) is 5.91 Å². The van der Waals surface area contributed by atoms with Gasteiger partial charge < -0.3 is 10.1 Å². The van der Waals surface area contributed by atoms with Gasteiger partial charge in [-0.15, -0.1) is 0 Å². The third-order valence-corrected chi connectivity index (χ3v) is 3.04. The van der Waals surface area contributed by atoms with E-state index in [0.29, 0.717) is 17.0 Å². The first kappa shape index (κ1) is 12.6. The summed E-state index contributed by atoms with van der Waals surface area (Å²) < 4.78 is 5.90. The lowest BCUT2D eigenvalue weighted by atomic mass is 10.2. The number of anilines is 1. The zero-order valence-corrected chi connectivity index (χ0v) is 11.3. The number of rotatable bonds is 3. The number of hydrogen-bond acceptors (Lipinski definition) is 3. The van der Waals surface area contributed by atoms with Gasteiger partial charge in [0.05, 0.1) is 18.4 Å². The lowest BCUT2D eigenvalue weighted by molar-refractivity contribution is 0.102. The van der Waals surface area contributed by atoms with Crippen molar-refractivity contribution < 1.29 is 9.53 Å². The minimum Gasteiger partial charge on any atom is -0.497 e. The van der Waals surface area contributed by atoms with Gasteiger partial charge in [0.2, 0.25) is 0 Å². The fourth-order valence-electron chi connectivity index (χ4n) is 1.42. The van der Waals surface area contributed by atoms with Gasteiger partial charge in [0.15, 0.2) is 0 Å². The molecule has 0 aliphatic heterocycles. The monoisotopic (exact) mass is 306 g/mol. The predicted molar refractivity (Wildman–Crippen MR) is 72.9 cm³/mol. The second-order valence-corrected chi connectivity index (χ2v) is 4.40. The van der Waals surface area contributed by atoms with Crippen LogP contribution < -0.4 is 10.1 Å². The Morgan fingerprint density at radius 3 is 2.89 bits per heavy atom. The quantitative estimate of drug-likeness (QED) is 0.948. The van der Waals surface area contributed by atoms with Gasteiger partial charge in [0.25, 0.3) is 5.91 Å². The van der Waals surface area contributed by atoms with E-state index in [1.165, 1.54) is 6.20 Å². The van der Waals surface area contributed by atoms with E-state index in [1.807, 2.05) is 12.1 Å². The number of pyridine rings is 1. The molecule has 0 fully saturated rings. The number of benzene rings is 1. The van der Waals surface area contributed by atoms with Crippen LogP contribution in [0.3, 0.4) is 0 Å². The maximum atomic E-state index is 12.0. The van der Waals surface area contributed by atoms with Crippen LogP contribution in [0.5, 0.6) is 5.75 Å². The van der Waals surface area contributed by atoms with Crippen LogP contribution in [0.1, 0.15) is 10.4 Å². The number of hydrogen-bond donors (Lipinski definition) is 1. The van der Waals surface area contributed by atoms with Crippen molar-refractivity contribution >= 4 is 27.5 Å². The number of ether oxygens (including phenoxy) is 1. The van der Waals surface area contributed by atoms with Gasteiger partial charge in [-0.2, -0.15) is 0 Å². The van der Waals surface area contributed by atoms with E-state index in [9.17, 15) is 4.79 Å². The molecule has 1 heterocycles. The number of nitrogens with zero attached hydrogens (tertiary/aromatic N) is 1. The summed E-state index contributed by atoms with van der Waals surface area (Å²) in [5.41, 5.74) is 1.16. The van der Waals surface area contributed by atoms with Crippen molar-refractivity contribution in [3.8, 4) is 5.75 Å². The predicted octanol–water partition coefficient (Wildman–Crippen LogP) is 3.11. The summed E-state index contributed by atoms with van der Waals surface area (Å²) in [4.78, 5) is 15.9. The molecule has 92 valence electrons. The maximum Gasteiger partial charge on any atom is 0.257 e. The van der Waals surface area contributed by atoms with Crippen LogP contribution >= 0.6 is 15.9 Å². The highest BCUT2D eigenvalue weighted by molar-refractivity contribution is 9.10. The summed E-state index contributed by atoms with van der Waals surface area (Å²) in [6.07, 6.45) is 3.14. The highest BCUT2D eigenvalue weighted by Crippen LogP contribution is 2.27. The van der Waals surface area contributed by atoms with E-state index < -0.39 is 0 Å². The molecule has 1 aromatic carbocycles. The molecule has 1 aromatic heterocycles. The molecule has 5 heteroatoms. The summed E-state index contributed by atoms with van der Waals surface area (Å²) in [5.74, 6) is 0.469. The standard InChI is InChI=1S/C13H11BrN2O2/c1-18-10-4-5-11(14)12(7-10)16-13(17)9-3-2-6-15-8-9/h2-8H,1H3,(H,16,17). The van der Waals surface area contributed by atoms with Crippen LogP contribution in [0, 0.1) is 0 Å². The molecular weight excluding hydrogens is 296 g/mol. The molecule has 4 nitrogen and oxygen atoms in total. The molecular formula is C13H11BrN2O2. The van der Waals surface area contributed by atoms with Gasteiger partial charge in [-0.25, -0.2) is 0 Å². The SMILES string of the molecule is COc1ccc(Br)c(NC(=O)c2cccnc2)c1. The fraction of sp³-hybridized carbons (Fsp3) is 0.0769. The zero-order chi connectivity index (χ0) is 13.0. The zero-order valence-electron chi connectivity index (χ0n) is 9.68. The lowest BCUT2D eigenvalue weighted by Gasteiger charge is -2.09. The first-order chi connectivity index (χ1) is 8.70. The normalized spacial score (nSPS) is 9.89. The first-order valence-electron chi connectivity index (χ1n) is 5.25. The highest BCUT2D eigenvalue weighted by Gasteiger charge is 2.09. The molecule has 0 radical (unpaired) electrons. The fourth-order valence-corrected chi connectivity index (χ4v) is 1.76. The van der Waals surface area contributed by atoms with Crippen LogP contribution in [-0.2, 0) is 0 Å². The number of halogens is 1. The summed E-state index contributed by atoms with van der Waals surface area (Å²) in [5, 5.41) is 2.80. The molecule has 2 aromatic rings. The van der Waals surface area contributed by atoms with Crippen molar-refractivity contribution in [1.29, 1.82) is 0 Å². The lowest BCUT2D eigenvalue weighted by Crippen LogP contribution is -2.12. The van der Waals surface area contributed by atoms with Gasteiger partial charge in [0.1, 0.15) is 5.75 Å². The maximum absolute atomic E-state index is 12.0. The van der Waals surface area contributed by atoms with Crippen LogP contribution in [-0.4, -0.2) is 18.0 Å². The third-order valence-electron chi connectivity index (χ3n) is 2.35. The molecule has 0 unspecified atom stereocenters. The van der Waals surface area contributed by atoms with Crippen LogP contribution in [0.25, 0.3) is 0 Å². The average Bonchev–Trinajstić information content (AvgIpc) is 2.42. The molecule has 0 aliphatic carbocycles. The minimum absolute atomic E-state index is 0.211. The largest absolute Gasteiger partial charge is 0.497 e. The van der Waals surface area contributed by atoms with Crippen molar-refractivity contribution in [1.82, 2.24) is 4.98 Å². The molecule has 0 aliphatic rings. The van der Waals surface area contributed by atoms with Gasteiger partial charge in [0, 0.05) is 22.9 Å². The molecule has 1 amide bonds. The Labute approximate surface area is 113 Å². The topological polar surface area (TPSA) is 51.2 Å². The van der Waals surface area contributed by atoms with Gasteiger partial charge >= 0.3 is 0 Å². The summed E-state index contributed by atoms with van der Waals surface area (Å²) >= 11 is 3.37. The van der Waals surface area contributed by atoms with E-state index in [4.69, 9.17) is 4.74 Å². The smallest absolute Gasteiger partial charge is 0.257 e. The van der Waals surface area contributed by atoms with E-state index in [0.717, 1.165) is 4.47 Å². The number of methoxy groups -OCH3 is 1. The molecule has 0 spiro atoms. The van der Waals surface area contributed by atoms with Crippen molar-refractivity contribution in [3.63, 3.8) is 0 Å². The molecule has 1 N–H and O–H groups in total. The van der Waals surface area contributed by atoms with Crippen LogP contribution in [0.2, 0.25) is 0 Å². The molecule has 0 saturated heterocycles. The Morgan fingerprint density at radius 1 is 1.39 bits per heavy atom.